The van der Waals surface area contributed by atoms with E-state index in [-0.39, 0.29) is 24.2 Å². The van der Waals surface area contributed by atoms with Gasteiger partial charge in [-0.2, -0.15) is 0 Å². The molecule has 0 atom stereocenters. The van der Waals surface area contributed by atoms with Gasteiger partial charge in [0.1, 0.15) is 0 Å². The summed E-state index contributed by atoms with van der Waals surface area (Å²) in [5, 5.41) is 23.2. The van der Waals surface area contributed by atoms with Gasteiger partial charge in [-0.05, 0) is 51.9 Å². The van der Waals surface area contributed by atoms with Crippen LogP contribution in [0.4, 0.5) is 0 Å². The second kappa shape index (κ2) is 10.00. The van der Waals surface area contributed by atoms with Gasteiger partial charge in [0.15, 0.2) is 0 Å². The molecule has 0 spiro atoms. The van der Waals surface area contributed by atoms with E-state index in [1.54, 1.807) is 0 Å². The van der Waals surface area contributed by atoms with Gasteiger partial charge in [0.2, 0.25) is 0 Å². The summed E-state index contributed by atoms with van der Waals surface area (Å²) >= 11 is 0. The number of halogens is 1. The van der Waals surface area contributed by atoms with Crippen molar-refractivity contribution in [1.82, 2.24) is 10.6 Å². The fourth-order valence-corrected chi connectivity index (χ4v) is 2.14. The zero-order valence-corrected chi connectivity index (χ0v) is 11.7. The van der Waals surface area contributed by atoms with E-state index in [1.807, 2.05) is 0 Å². The third kappa shape index (κ3) is 7.34. The summed E-state index contributed by atoms with van der Waals surface area (Å²) in [5.74, 6) is -1.47. The molecule has 112 valence electrons. The minimum Gasteiger partial charge on any atom is -0.481 e. The maximum atomic E-state index is 10.3. The monoisotopic (exact) mass is 294 g/mol. The van der Waals surface area contributed by atoms with Gasteiger partial charge in [-0.25, -0.2) is 0 Å². The highest BCUT2D eigenvalue weighted by Crippen LogP contribution is 2.11. The average molecular weight is 295 g/mol. The number of aliphatic carboxylic acids is 2. The SMILES string of the molecule is Cl.O=C(O)C1CCNCC1.O=C(O)C1CCNCC1. The van der Waals surface area contributed by atoms with Crippen LogP contribution in [0.15, 0.2) is 0 Å². The van der Waals surface area contributed by atoms with Crippen LogP contribution in [0.5, 0.6) is 0 Å². The summed E-state index contributed by atoms with van der Waals surface area (Å²) < 4.78 is 0. The molecule has 0 aromatic heterocycles. The Balaban J connectivity index is 0.000000324. The molecule has 0 bridgehead atoms. The number of nitrogens with one attached hydrogen (secondary N) is 2. The molecule has 2 heterocycles. The summed E-state index contributed by atoms with van der Waals surface area (Å²) in [5.41, 5.74) is 0. The molecule has 19 heavy (non-hydrogen) atoms. The number of carboxylic acid groups (broad SMARTS) is 2. The molecule has 0 radical (unpaired) electrons. The van der Waals surface area contributed by atoms with E-state index in [2.05, 4.69) is 10.6 Å². The highest BCUT2D eigenvalue weighted by molar-refractivity contribution is 5.85. The average Bonchev–Trinajstić information content (AvgIpc) is 2.41. The fraction of sp³-hybridized carbons (Fsp3) is 0.833. The largest absolute Gasteiger partial charge is 0.481 e. The van der Waals surface area contributed by atoms with E-state index < -0.39 is 11.9 Å². The van der Waals surface area contributed by atoms with Crippen LogP contribution in [0.25, 0.3) is 0 Å². The van der Waals surface area contributed by atoms with Crippen molar-refractivity contribution in [2.45, 2.75) is 25.7 Å². The molecule has 0 amide bonds. The molecular weight excluding hydrogens is 272 g/mol. The number of hydrogen-bond acceptors (Lipinski definition) is 4. The van der Waals surface area contributed by atoms with Crippen molar-refractivity contribution in [2.24, 2.45) is 11.8 Å². The lowest BCUT2D eigenvalue weighted by Gasteiger charge is -2.17. The molecule has 2 aliphatic rings. The molecule has 2 saturated heterocycles. The van der Waals surface area contributed by atoms with E-state index in [1.165, 1.54) is 0 Å². The van der Waals surface area contributed by atoms with Crippen LogP contribution in [0, 0.1) is 11.8 Å². The van der Waals surface area contributed by atoms with Crippen LogP contribution in [-0.2, 0) is 9.59 Å². The first kappa shape index (κ1) is 18.1. The predicted molar refractivity (Wildman–Crippen MR) is 73.7 cm³/mol. The first-order chi connectivity index (χ1) is 8.61. The Labute approximate surface area is 119 Å². The third-order valence-electron chi connectivity index (χ3n) is 3.38. The Kier molecular flexibility index (Phi) is 9.55. The molecule has 0 saturated carbocycles. The van der Waals surface area contributed by atoms with Gasteiger partial charge in [0.25, 0.3) is 0 Å². The molecule has 2 rings (SSSR count). The van der Waals surface area contributed by atoms with Crippen molar-refractivity contribution >= 4 is 24.3 Å². The topological polar surface area (TPSA) is 98.7 Å². The van der Waals surface area contributed by atoms with E-state index >= 15 is 0 Å². The van der Waals surface area contributed by atoms with Crippen molar-refractivity contribution in [3.63, 3.8) is 0 Å². The molecule has 6 nitrogen and oxygen atoms in total. The van der Waals surface area contributed by atoms with Crippen LogP contribution in [0.2, 0.25) is 0 Å². The Morgan fingerprint density at radius 1 is 0.737 bits per heavy atom. The standard InChI is InChI=1S/2C6H11NO2.ClH/c2*8-6(9)5-1-3-7-4-2-5;/h2*5,7H,1-4H2,(H,8,9);1H. The zero-order valence-electron chi connectivity index (χ0n) is 10.9. The van der Waals surface area contributed by atoms with Crippen molar-refractivity contribution in [2.75, 3.05) is 26.2 Å². The molecule has 4 N–H and O–H groups in total. The molecule has 0 aliphatic carbocycles. The summed E-state index contributed by atoms with van der Waals surface area (Å²) in [6, 6.07) is 0. The summed E-state index contributed by atoms with van der Waals surface area (Å²) in [7, 11) is 0. The van der Waals surface area contributed by atoms with Gasteiger partial charge in [0, 0.05) is 0 Å². The van der Waals surface area contributed by atoms with Crippen LogP contribution in [0.1, 0.15) is 25.7 Å². The number of carboxylic acids is 2. The van der Waals surface area contributed by atoms with Crippen molar-refractivity contribution in [1.29, 1.82) is 0 Å². The van der Waals surface area contributed by atoms with Crippen LogP contribution >= 0.6 is 12.4 Å². The molecule has 0 aromatic rings. The van der Waals surface area contributed by atoms with E-state index in [4.69, 9.17) is 10.2 Å². The van der Waals surface area contributed by atoms with E-state index in [0.29, 0.717) is 0 Å². The molecule has 0 unspecified atom stereocenters. The molecule has 7 heteroatoms. The minimum absolute atomic E-state index is 0. The van der Waals surface area contributed by atoms with Gasteiger partial charge in [0.05, 0.1) is 11.8 Å². The number of hydrogen-bond donors (Lipinski definition) is 4. The fourth-order valence-electron chi connectivity index (χ4n) is 2.14. The van der Waals surface area contributed by atoms with Gasteiger partial charge in [-0.1, -0.05) is 0 Å². The second-order valence-corrected chi connectivity index (χ2v) is 4.73. The zero-order chi connectivity index (χ0) is 13.4. The number of rotatable bonds is 2. The predicted octanol–water partition coefficient (Wildman–Crippen LogP) is 0.563. The molecule has 2 fully saturated rings. The highest BCUT2D eigenvalue weighted by Gasteiger charge is 2.19. The number of piperidine rings is 2. The van der Waals surface area contributed by atoms with Gasteiger partial charge in [-0.3, -0.25) is 9.59 Å². The summed E-state index contributed by atoms with van der Waals surface area (Å²) in [6.07, 6.45) is 3.15. The van der Waals surface area contributed by atoms with Crippen LogP contribution in [-0.4, -0.2) is 48.3 Å². The maximum Gasteiger partial charge on any atom is 0.306 e. The van der Waals surface area contributed by atoms with Crippen molar-refractivity contribution in [3.05, 3.63) is 0 Å². The minimum atomic E-state index is -0.642. The lowest BCUT2D eigenvalue weighted by Crippen LogP contribution is -2.31. The lowest BCUT2D eigenvalue weighted by molar-refractivity contribution is -0.143. The normalized spacial score (nSPS) is 20.6. The Morgan fingerprint density at radius 3 is 1.16 bits per heavy atom. The molecular formula is C12H23ClN2O4. The summed E-state index contributed by atoms with van der Waals surface area (Å²) in [4.78, 5) is 20.7. The van der Waals surface area contributed by atoms with Crippen LogP contribution < -0.4 is 10.6 Å². The Hall–Kier alpha value is -0.850. The van der Waals surface area contributed by atoms with Gasteiger partial charge >= 0.3 is 11.9 Å². The molecule has 2 aliphatic heterocycles. The second-order valence-electron chi connectivity index (χ2n) is 4.73. The highest BCUT2D eigenvalue weighted by atomic mass is 35.5. The van der Waals surface area contributed by atoms with Crippen molar-refractivity contribution < 1.29 is 19.8 Å². The first-order valence-corrected chi connectivity index (χ1v) is 6.48. The maximum absolute atomic E-state index is 10.3. The molecule has 0 aromatic carbocycles. The smallest absolute Gasteiger partial charge is 0.306 e. The Bertz CT molecular complexity index is 249. The van der Waals surface area contributed by atoms with Gasteiger partial charge in [-0.15, -0.1) is 12.4 Å². The summed E-state index contributed by atoms with van der Waals surface area (Å²) in [6.45, 7) is 3.43. The van der Waals surface area contributed by atoms with Crippen molar-refractivity contribution in [3.8, 4) is 0 Å². The van der Waals surface area contributed by atoms with Crippen LogP contribution in [0.3, 0.4) is 0 Å². The van der Waals surface area contributed by atoms with E-state index in [0.717, 1.165) is 51.9 Å². The third-order valence-corrected chi connectivity index (χ3v) is 3.38. The van der Waals surface area contributed by atoms with E-state index in [9.17, 15) is 9.59 Å². The Morgan fingerprint density at radius 2 is 1.00 bits per heavy atom. The first-order valence-electron chi connectivity index (χ1n) is 6.48. The number of carbonyl (C=O) groups is 2. The lowest BCUT2D eigenvalue weighted by atomic mass is 9.99. The quantitative estimate of drug-likeness (QED) is 0.594. The van der Waals surface area contributed by atoms with Gasteiger partial charge < -0.3 is 20.8 Å².